The van der Waals surface area contributed by atoms with Crippen molar-refractivity contribution in [1.82, 2.24) is 0 Å². The number of anilines is 1. The van der Waals surface area contributed by atoms with Crippen LogP contribution in [0.3, 0.4) is 0 Å². The highest BCUT2D eigenvalue weighted by atomic mass is 32.1. The molecule has 0 fully saturated rings. The fraction of sp³-hybridized carbons (Fsp3) is 0.235. The first kappa shape index (κ1) is 14.5. The van der Waals surface area contributed by atoms with Crippen LogP contribution in [-0.4, -0.2) is 11.0 Å². The van der Waals surface area contributed by atoms with Gasteiger partial charge in [-0.25, -0.2) is 0 Å². The second-order valence-electron chi connectivity index (χ2n) is 5.13. The number of rotatable bonds is 5. The first-order valence-electron chi connectivity index (χ1n) is 6.77. The molecule has 0 aliphatic carbocycles. The molecule has 0 bridgehead atoms. The molecule has 1 atom stereocenters. The fourth-order valence-corrected chi connectivity index (χ4v) is 2.56. The van der Waals surface area contributed by atoms with E-state index in [0.29, 0.717) is 11.0 Å². The molecular weight excluding hydrogens is 264 g/mol. The third kappa shape index (κ3) is 3.81. The lowest BCUT2D eigenvalue weighted by Gasteiger charge is -2.16. The van der Waals surface area contributed by atoms with Gasteiger partial charge in [-0.1, -0.05) is 42.5 Å². The molecule has 0 saturated carbocycles. The molecule has 0 spiro atoms. The van der Waals surface area contributed by atoms with Crippen LogP contribution in [0, 0.1) is 6.92 Å². The normalized spacial score (nSPS) is 11.9. The standard InChI is InChI=1S/C17H20N2S/c1-12-10-15(8-9-16(12)17(18)20)19-13(2)11-14-6-4-3-5-7-14/h3-10,13,19H,11H2,1-2H3,(H2,18,20). The zero-order valence-corrected chi connectivity index (χ0v) is 12.7. The Labute approximate surface area is 126 Å². The van der Waals surface area contributed by atoms with E-state index < -0.39 is 0 Å². The number of thiocarbonyl (C=S) groups is 1. The van der Waals surface area contributed by atoms with Gasteiger partial charge in [0, 0.05) is 17.3 Å². The second-order valence-corrected chi connectivity index (χ2v) is 5.57. The predicted octanol–water partition coefficient (Wildman–Crippen LogP) is 3.67. The summed E-state index contributed by atoms with van der Waals surface area (Å²) in [6.45, 7) is 4.21. The summed E-state index contributed by atoms with van der Waals surface area (Å²) in [5.74, 6) is 0. The van der Waals surface area contributed by atoms with E-state index in [0.717, 1.165) is 23.2 Å². The lowest BCUT2D eigenvalue weighted by atomic mass is 10.1. The van der Waals surface area contributed by atoms with Gasteiger partial charge in [0.25, 0.3) is 0 Å². The van der Waals surface area contributed by atoms with Gasteiger partial charge in [-0.3, -0.25) is 0 Å². The number of hydrogen-bond donors (Lipinski definition) is 2. The van der Waals surface area contributed by atoms with Crippen molar-refractivity contribution in [1.29, 1.82) is 0 Å². The van der Waals surface area contributed by atoms with Crippen LogP contribution in [-0.2, 0) is 6.42 Å². The summed E-state index contributed by atoms with van der Waals surface area (Å²) in [4.78, 5) is 0.450. The van der Waals surface area contributed by atoms with Gasteiger partial charge >= 0.3 is 0 Å². The molecule has 0 aromatic heterocycles. The summed E-state index contributed by atoms with van der Waals surface area (Å²) < 4.78 is 0. The molecule has 104 valence electrons. The Morgan fingerprint density at radius 2 is 1.90 bits per heavy atom. The highest BCUT2D eigenvalue weighted by molar-refractivity contribution is 7.80. The number of nitrogens with two attached hydrogens (primary N) is 1. The molecule has 0 radical (unpaired) electrons. The molecule has 1 unspecified atom stereocenters. The number of benzene rings is 2. The van der Waals surface area contributed by atoms with E-state index in [1.807, 2.05) is 25.1 Å². The van der Waals surface area contributed by atoms with Crippen LogP contribution in [0.2, 0.25) is 0 Å². The zero-order chi connectivity index (χ0) is 14.5. The van der Waals surface area contributed by atoms with Gasteiger partial charge in [0.15, 0.2) is 0 Å². The minimum atomic E-state index is 0.368. The van der Waals surface area contributed by atoms with Crippen LogP contribution >= 0.6 is 12.2 Å². The van der Waals surface area contributed by atoms with Gasteiger partial charge in [-0.15, -0.1) is 0 Å². The molecule has 0 aliphatic rings. The lowest BCUT2D eigenvalue weighted by molar-refractivity contribution is 0.790. The van der Waals surface area contributed by atoms with Crippen molar-refractivity contribution in [3.63, 3.8) is 0 Å². The molecule has 20 heavy (non-hydrogen) atoms. The zero-order valence-electron chi connectivity index (χ0n) is 11.9. The van der Waals surface area contributed by atoms with Crippen molar-refractivity contribution >= 4 is 22.9 Å². The molecule has 0 amide bonds. The van der Waals surface area contributed by atoms with E-state index in [1.54, 1.807) is 0 Å². The first-order chi connectivity index (χ1) is 9.56. The predicted molar refractivity (Wildman–Crippen MR) is 90.3 cm³/mol. The van der Waals surface area contributed by atoms with Crippen molar-refractivity contribution in [2.24, 2.45) is 5.73 Å². The third-order valence-electron chi connectivity index (χ3n) is 3.29. The van der Waals surface area contributed by atoms with Crippen LogP contribution in [0.15, 0.2) is 48.5 Å². The minimum Gasteiger partial charge on any atom is -0.389 e. The highest BCUT2D eigenvalue weighted by Crippen LogP contribution is 2.17. The van der Waals surface area contributed by atoms with Gasteiger partial charge in [-0.05, 0) is 49.6 Å². The maximum atomic E-state index is 5.68. The summed E-state index contributed by atoms with van der Waals surface area (Å²) in [6.07, 6.45) is 0.997. The van der Waals surface area contributed by atoms with Gasteiger partial charge in [0.1, 0.15) is 4.99 Å². The Bertz CT molecular complexity index is 593. The average molecular weight is 284 g/mol. The molecule has 2 nitrogen and oxygen atoms in total. The monoisotopic (exact) mass is 284 g/mol. The van der Waals surface area contributed by atoms with Crippen LogP contribution in [0.1, 0.15) is 23.6 Å². The van der Waals surface area contributed by atoms with E-state index in [1.165, 1.54) is 5.56 Å². The lowest BCUT2D eigenvalue weighted by Crippen LogP contribution is -2.18. The molecule has 2 aromatic rings. The Morgan fingerprint density at radius 1 is 1.20 bits per heavy atom. The number of hydrogen-bond acceptors (Lipinski definition) is 2. The first-order valence-corrected chi connectivity index (χ1v) is 7.18. The van der Waals surface area contributed by atoms with Crippen molar-refractivity contribution in [3.05, 3.63) is 65.2 Å². The average Bonchev–Trinajstić information content (AvgIpc) is 2.39. The Kier molecular flexibility index (Phi) is 4.74. The van der Waals surface area contributed by atoms with E-state index in [9.17, 15) is 0 Å². The molecule has 0 heterocycles. The van der Waals surface area contributed by atoms with E-state index in [-0.39, 0.29) is 0 Å². The van der Waals surface area contributed by atoms with Gasteiger partial charge in [0.05, 0.1) is 0 Å². The maximum Gasteiger partial charge on any atom is 0.104 e. The SMILES string of the molecule is Cc1cc(NC(C)Cc2ccccc2)ccc1C(N)=S. The van der Waals surface area contributed by atoms with Gasteiger partial charge in [0.2, 0.25) is 0 Å². The maximum absolute atomic E-state index is 5.68. The van der Waals surface area contributed by atoms with Crippen molar-refractivity contribution in [2.45, 2.75) is 26.3 Å². The highest BCUT2D eigenvalue weighted by Gasteiger charge is 2.06. The molecule has 2 aromatic carbocycles. The van der Waals surface area contributed by atoms with Crippen molar-refractivity contribution in [2.75, 3.05) is 5.32 Å². The minimum absolute atomic E-state index is 0.368. The summed E-state index contributed by atoms with van der Waals surface area (Å²) in [6, 6.07) is 17.0. The quantitative estimate of drug-likeness (QED) is 0.823. The summed E-state index contributed by atoms with van der Waals surface area (Å²) in [7, 11) is 0. The third-order valence-corrected chi connectivity index (χ3v) is 3.51. The largest absolute Gasteiger partial charge is 0.389 e. The molecule has 3 heteroatoms. The Hall–Kier alpha value is -1.87. The molecule has 0 aliphatic heterocycles. The summed E-state index contributed by atoms with van der Waals surface area (Å²) in [5.41, 5.74) is 10.2. The van der Waals surface area contributed by atoms with E-state index in [4.69, 9.17) is 18.0 Å². The van der Waals surface area contributed by atoms with Gasteiger partial charge in [-0.2, -0.15) is 0 Å². The number of aryl methyl sites for hydroxylation is 1. The summed E-state index contributed by atoms with van der Waals surface area (Å²) >= 11 is 5.02. The molecule has 3 N–H and O–H groups in total. The van der Waals surface area contributed by atoms with Gasteiger partial charge < -0.3 is 11.1 Å². The van der Waals surface area contributed by atoms with E-state index in [2.05, 4.69) is 42.6 Å². The fourth-order valence-electron chi connectivity index (χ4n) is 2.33. The van der Waals surface area contributed by atoms with Crippen LogP contribution in [0.25, 0.3) is 0 Å². The topological polar surface area (TPSA) is 38.0 Å². The van der Waals surface area contributed by atoms with Crippen LogP contribution in [0.5, 0.6) is 0 Å². The van der Waals surface area contributed by atoms with Crippen molar-refractivity contribution in [3.8, 4) is 0 Å². The number of nitrogens with one attached hydrogen (secondary N) is 1. The smallest absolute Gasteiger partial charge is 0.104 e. The second kappa shape index (κ2) is 6.53. The Morgan fingerprint density at radius 3 is 2.50 bits per heavy atom. The van der Waals surface area contributed by atoms with E-state index >= 15 is 0 Å². The van der Waals surface area contributed by atoms with Crippen molar-refractivity contribution < 1.29 is 0 Å². The Balaban J connectivity index is 2.03. The molecular formula is C17H20N2S. The summed E-state index contributed by atoms with van der Waals surface area (Å²) in [5, 5.41) is 3.51. The molecule has 2 rings (SSSR count). The van der Waals surface area contributed by atoms with Crippen LogP contribution < -0.4 is 11.1 Å². The molecule has 0 saturated heterocycles. The van der Waals surface area contributed by atoms with Crippen LogP contribution in [0.4, 0.5) is 5.69 Å².